The van der Waals surface area contributed by atoms with Crippen LogP contribution in [0.15, 0.2) is 47.6 Å². The van der Waals surface area contributed by atoms with Crippen molar-refractivity contribution in [1.29, 1.82) is 0 Å². The lowest BCUT2D eigenvalue weighted by atomic mass is 10.0. The number of nitrogens with zero attached hydrogens (tertiary/aromatic N) is 2. The summed E-state index contributed by atoms with van der Waals surface area (Å²) in [6, 6.07) is 14.3. The van der Waals surface area contributed by atoms with E-state index in [2.05, 4.69) is 42.1 Å². The Balaban J connectivity index is 2.41. The number of likely N-dealkylation sites (N-methyl/N-ethyl adjacent to an activating group) is 1. The highest BCUT2D eigenvalue weighted by atomic mass is 16.4. The highest BCUT2D eigenvalue weighted by molar-refractivity contribution is 6.11. The first-order valence-electron chi connectivity index (χ1n) is 6.71. The summed E-state index contributed by atoms with van der Waals surface area (Å²) in [6.45, 7) is 6.78. The normalized spacial score (nSPS) is 12.3. The lowest BCUT2D eigenvalue weighted by molar-refractivity contribution is 0.305. The van der Waals surface area contributed by atoms with Gasteiger partial charge in [0, 0.05) is 12.1 Å². The summed E-state index contributed by atoms with van der Waals surface area (Å²) in [5.74, 6) is 0. The molecule has 0 atom stereocenters. The summed E-state index contributed by atoms with van der Waals surface area (Å²) < 4.78 is 0. The Hall–Kier alpha value is -1.87. The summed E-state index contributed by atoms with van der Waals surface area (Å²) in [6.07, 6.45) is 0. The number of fused-ring (bicyclic) bond motifs is 1. The maximum atomic E-state index is 9.34. The maximum Gasteiger partial charge on any atom is 0.101 e. The van der Waals surface area contributed by atoms with Crippen LogP contribution in [-0.2, 0) is 0 Å². The number of rotatable bonds is 5. The minimum Gasteiger partial charge on any atom is -0.411 e. The number of hydrogen-bond donors (Lipinski definition) is 1. The van der Waals surface area contributed by atoms with Gasteiger partial charge in [0.25, 0.3) is 0 Å². The standard InChI is InChI=1S/C16H20N2O/c1-3-18(4-2)12-16(17-19)15-11-7-9-13-8-5-6-10-14(13)15/h5-11,19H,3-4,12H2,1-2H3/b17-16+. The fourth-order valence-electron chi connectivity index (χ4n) is 2.31. The highest BCUT2D eigenvalue weighted by Crippen LogP contribution is 2.19. The monoisotopic (exact) mass is 256 g/mol. The van der Waals surface area contributed by atoms with Crippen LogP contribution in [0.5, 0.6) is 0 Å². The maximum absolute atomic E-state index is 9.34. The van der Waals surface area contributed by atoms with Crippen LogP contribution in [-0.4, -0.2) is 35.5 Å². The molecule has 0 aliphatic carbocycles. The Morgan fingerprint density at radius 1 is 1.05 bits per heavy atom. The predicted octanol–water partition coefficient (Wildman–Crippen LogP) is 3.36. The van der Waals surface area contributed by atoms with Gasteiger partial charge in [-0.3, -0.25) is 4.90 Å². The SMILES string of the molecule is CCN(CC)C/C(=N\O)c1cccc2ccccc12. The lowest BCUT2D eigenvalue weighted by Gasteiger charge is -2.19. The largest absolute Gasteiger partial charge is 0.411 e. The van der Waals surface area contributed by atoms with Crippen molar-refractivity contribution in [3.8, 4) is 0 Å². The summed E-state index contributed by atoms with van der Waals surface area (Å²) in [5, 5.41) is 15.2. The first-order chi connectivity index (χ1) is 9.30. The Morgan fingerprint density at radius 3 is 2.42 bits per heavy atom. The van der Waals surface area contributed by atoms with E-state index in [1.807, 2.05) is 24.3 Å². The van der Waals surface area contributed by atoms with Crippen molar-refractivity contribution in [2.24, 2.45) is 5.16 Å². The quantitative estimate of drug-likeness (QED) is 0.506. The Morgan fingerprint density at radius 2 is 1.74 bits per heavy atom. The van der Waals surface area contributed by atoms with Crippen LogP contribution < -0.4 is 0 Å². The minimum absolute atomic E-state index is 0.664. The van der Waals surface area contributed by atoms with Crippen molar-refractivity contribution in [2.45, 2.75) is 13.8 Å². The van der Waals surface area contributed by atoms with E-state index in [0.717, 1.165) is 29.8 Å². The van der Waals surface area contributed by atoms with Gasteiger partial charge in [-0.2, -0.15) is 0 Å². The fraction of sp³-hybridized carbons (Fsp3) is 0.312. The van der Waals surface area contributed by atoms with Crippen molar-refractivity contribution in [1.82, 2.24) is 4.90 Å². The highest BCUT2D eigenvalue weighted by Gasteiger charge is 2.11. The molecule has 0 fully saturated rings. The molecule has 2 rings (SSSR count). The molecule has 0 radical (unpaired) electrons. The fourth-order valence-corrected chi connectivity index (χ4v) is 2.31. The van der Waals surface area contributed by atoms with Gasteiger partial charge in [0.1, 0.15) is 5.71 Å². The van der Waals surface area contributed by atoms with Crippen molar-refractivity contribution < 1.29 is 5.21 Å². The summed E-state index contributed by atoms with van der Waals surface area (Å²) in [7, 11) is 0. The van der Waals surface area contributed by atoms with Gasteiger partial charge in [0.15, 0.2) is 0 Å². The zero-order valence-corrected chi connectivity index (χ0v) is 11.5. The van der Waals surface area contributed by atoms with E-state index >= 15 is 0 Å². The van der Waals surface area contributed by atoms with Crippen LogP contribution in [0.4, 0.5) is 0 Å². The Bertz CT molecular complexity index is 568. The molecule has 19 heavy (non-hydrogen) atoms. The third-order valence-electron chi connectivity index (χ3n) is 3.49. The van der Waals surface area contributed by atoms with Gasteiger partial charge < -0.3 is 5.21 Å². The second-order valence-corrected chi connectivity index (χ2v) is 4.53. The first-order valence-corrected chi connectivity index (χ1v) is 6.71. The zero-order chi connectivity index (χ0) is 13.7. The van der Waals surface area contributed by atoms with E-state index < -0.39 is 0 Å². The number of benzene rings is 2. The van der Waals surface area contributed by atoms with Crippen LogP contribution >= 0.6 is 0 Å². The van der Waals surface area contributed by atoms with Crippen molar-refractivity contribution in [2.75, 3.05) is 19.6 Å². The molecule has 0 heterocycles. The molecule has 0 aromatic heterocycles. The third-order valence-corrected chi connectivity index (χ3v) is 3.49. The topological polar surface area (TPSA) is 35.8 Å². The van der Waals surface area contributed by atoms with Gasteiger partial charge in [-0.25, -0.2) is 0 Å². The molecule has 2 aromatic carbocycles. The number of hydrogen-bond acceptors (Lipinski definition) is 3. The van der Waals surface area contributed by atoms with E-state index in [4.69, 9.17) is 0 Å². The molecular formula is C16H20N2O. The third kappa shape index (κ3) is 2.93. The second kappa shape index (κ2) is 6.34. The molecule has 0 saturated carbocycles. The molecule has 0 saturated heterocycles. The van der Waals surface area contributed by atoms with Gasteiger partial charge in [-0.1, -0.05) is 61.5 Å². The molecule has 100 valence electrons. The van der Waals surface area contributed by atoms with Gasteiger partial charge in [-0.05, 0) is 23.9 Å². The molecule has 0 bridgehead atoms. The molecular weight excluding hydrogens is 236 g/mol. The summed E-state index contributed by atoms with van der Waals surface area (Å²) in [5.41, 5.74) is 1.73. The average molecular weight is 256 g/mol. The van der Waals surface area contributed by atoms with Crippen molar-refractivity contribution in [3.63, 3.8) is 0 Å². The van der Waals surface area contributed by atoms with E-state index in [1.54, 1.807) is 0 Å². The van der Waals surface area contributed by atoms with E-state index in [9.17, 15) is 5.21 Å². The van der Waals surface area contributed by atoms with Crippen LogP contribution in [0.2, 0.25) is 0 Å². The van der Waals surface area contributed by atoms with E-state index in [0.29, 0.717) is 6.54 Å². The molecule has 3 nitrogen and oxygen atoms in total. The molecule has 0 amide bonds. The molecule has 0 spiro atoms. The molecule has 0 aliphatic rings. The number of oxime groups is 1. The van der Waals surface area contributed by atoms with Gasteiger partial charge in [0.05, 0.1) is 0 Å². The Labute approximate surface area is 114 Å². The summed E-state index contributed by atoms with van der Waals surface area (Å²) >= 11 is 0. The van der Waals surface area contributed by atoms with Gasteiger partial charge in [0.2, 0.25) is 0 Å². The average Bonchev–Trinajstić information content (AvgIpc) is 2.48. The smallest absolute Gasteiger partial charge is 0.101 e. The molecule has 0 aliphatic heterocycles. The minimum atomic E-state index is 0.664. The van der Waals surface area contributed by atoms with Crippen LogP contribution in [0.25, 0.3) is 10.8 Å². The summed E-state index contributed by atoms with van der Waals surface area (Å²) in [4.78, 5) is 2.23. The van der Waals surface area contributed by atoms with Crippen molar-refractivity contribution >= 4 is 16.5 Å². The lowest BCUT2D eigenvalue weighted by Crippen LogP contribution is -2.30. The van der Waals surface area contributed by atoms with Crippen LogP contribution in [0.3, 0.4) is 0 Å². The van der Waals surface area contributed by atoms with Crippen molar-refractivity contribution in [3.05, 3.63) is 48.0 Å². The molecule has 1 N–H and O–H groups in total. The molecule has 3 heteroatoms. The van der Waals surface area contributed by atoms with Crippen LogP contribution in [0.1, 0.15) is 19.4 Å². The molecule has 2 aromatic rings. The predicted molar refractivity (Wildman–Crippen MR) is 80.1 cm³/mol. The van der Waals surface area contributed by atoms with Crippen LogP contribution in [0, 0.1) is 0 Å². The Kier molecular flexibility index (Phi) is 4.53. The van der Waals surface area contributed by atoms with Gasteiger partial charge >= 0.3 is 0 Å². The van der Waals surface area contributed by atoms with Gasteiger partial charge in [-0.15, -0.1) is 0 Å². The van der Waals surface area contributed by atoms with E-state index in [1.165, 1.54) is 5.39 Å². The van der Waals surface area contributed by atoms with E-state index in [-0.39, 0.29) is 0 Å². The first kappa shape index (κ1) is 13.6. The second-order valence-electron chi connectivity index (χ2n) is 4.53. The zero-order valence-electron chi connectivity index (χ0n) is 11.5. The molecule has 0 unspecified atom stereocenters.